The fourth-order valence-electron chi connectivity index (χ4n) is 7.42. The van der Waals surface area contributed by atoms with E-state index < -0.39 is 103 Å². The van der Waals surface area contributed by atoms with Crippen molar-refractivity contribution in [3.8, 4) is 0 Å². The quantitative estimate of drug-likeness (QED) is 0.0719. The van der Waals surface area contributed by atoms with Crippen LogP contribution in [0.1, 0.15) is 55.3 Å². The first-order valence-electron chi connectivity index (χ1n) is 20.7. The highest BCUT2D eigenvalue weighted by atomic mass is 79.9. The monoisotopic (exact) mass is 1230 g/mol. The molecule has 4 fully saturated rings. The van der Waals surface area contributed by atoms with Gasteiger partial charge in [-0.2, -0.15) is 0 Å². The Morgan fingerprint density at radius 3 is 1.45 bits per heavy atom. The average Bonchev–Trinajstić information content (AvgIpc) is 3.93. The summed E-state index contributed by atoms with van der Waals surface area (Å²) >= 11 is 18.4. The molecule has 8 rings (SSSR count). The van der Waals surface area contributed by atoms with Crippen LogP contribution in [0.25, 0.3) is 0 Å². The number of benzene rings is 4. The fourth-order valence-corrected chi connectivity index (χ4v) is 8.60. The van der Waals surface area contributed by atoms with Gasteiger partial charge in [0, 0.05) is 37.3 Å². The lowest BCUT2D eigenvalue weighted by Crippen LogP contribution is -2.68. The summed E-state index contributed by atoms with van der Waals surface area (Å²) in [6.07, 6.45) is -7.11. The molecule has 0 aromatic heterocycles. The lowest BCUT2D eigenvalue weighted by atomic mass is 9.87. The van der Waals surface area contributed by atoms with Crippen molar-refractivity contribution in [2.75, 3.05) is 26.4 Å². The zero-order valence-electron chi connectivity index (χ0n) is 36.2. The lowest BCUT2D eigenvalue weighted by Gasteiger charge is -2.45. The van der Waals surface area contributed by atoms with Crippen LogP contribution in [0, 0.1) is 0 Å². The van der Waals surface area contributed by atoms with E-state index in [1.807, 2.05) is 0 Å². The topological polar surface area (TPSA) is 252 Å². The maximum absolute atomic E-state index is 13.4. The molecule has 2 amide bonds. The summed E-state index contributed by atoms with van der Waals surface area (Å²) in [5, 5.41) is 33.6. The molecule has 4 aromatic carbocycles. The summed E-state index contributed by atoms with van der Waals surface area (Å²) in [7, 11) is 0. The van der Waals surface area contributed by atoms with Crippen LogP contribution in [-0.2, 0) is 42.7 Å². The van der Waals surface area contributed by atoms with Crippen molar-refractivity contribution in [1.82, 2.24) is 10.6 Å². The number of hydrogen-bond acceptors (Lipinski definition) is 16. The number of aliphatic hydroxyl groups excluding tert-OH is 3. The Bertz CT molecular complexity index is 2490. The maximum atomic E-state index is 13.4. The third-order valence-electron chi connectivity index (χ3n) is 10.9. The van der Waals surface area contributed by atoms with Gasteiger partial charge in [-0.15, -0.1) is 0 Å². The molecule has 0 aliphatic carbocycles. The normalized spacial score (nSPS) is 27.2. The van der Waals surface area contributed by atoms with Gasteiger partial charge in [-0.25, -0.2) is 14.4 Å². The van der Waals surface area contributed by atoms with Crippen LogP contribution in [0.15, 0.2) is 115 Å². The van der Waals surface area contributed by atoms with Crippen LogP contribution in [0.3, 0.4) is 0 Å². The van der Waals surface area contributed by atoms with Crippen molar-refractivity contribution in [1.29, 1.82) is 0 Å². The molecule has 4 aliphatic heterocycles. The first kappa shape index (κ1) is 54.2. The summed E-state index contributed by atoms with van der Waals surface area (Å²) in [5.74, 6) is -2.95. The number of fused-ring (bicyclic) bond motifs is 4. The van der Waals surface area contributed by atoms with Crippen molar-refractivity contribution in [2.24, 2.45) is 0 Å². The molecular formula is C46H43Br4ClN2O16. The number of nitrogens with one attached hydrogen (secondary N) is 2. The predicted molar refractivity (Wildman–Crippen MR) is 257 cm³/mol. The Balaban J connectivity index is 0.000000243. The average molecular weight is 1230 g/mol. The Morgan fingerprint density at radius 1 is 0.609 bits per heavy atom. The number of esters is 3. The molecular weight excluding hydrogens is 1190 g/mol. The van der Waals surface area contributed by atoms with Crippen molar-refractivity contribution >= 4 is 110 Å². The van der Waals surface area contributed by atoms with E-state index in [0.717, 1.165) is 17.9 Å². The molecule has 368 valence electrons. The van der Waals surface area contributed by atoms with Crippen molar-refractivity contribution in [2.45, 2.75) is 74.1 Å². The zero-order valence-corrected chi connectivity index (χ0v) is 43.3. The minimum absolute atomic E-state index is 0.0114. The van der Waals surface area contributed by atoms with Crippen LogP contribution in [-0.4, -0.2) is 137 Å². The summed E-state index contributed by atoms with van der Waals surface area (Å²) < 4.78 is 43.4. The summed E-state index contributed by atoms with van der Waals surface area (Å²) in [6, 6.07) is 24.5. The third kappa shape index (κ3) is 13.4. The molecule has 4 saturated heterocycles. The van der Waals surface area contributed by atoms with Crippen LogP contribution < -0.4 is 10.6 Å². The first-order valence-corrected chi connectivity index (χ1v) is 24.2. The molecule has 4 heterocycles. The van der Waals surface area contributed by atoms with Crippen LogP contribution in [0.5, 0.6) is 0 Å². The molecule has 4 aliphatic rings. The van der Waals surface area contributed by atoms with Gasteiger partial charge in [0.1, 0.15) is 36.5 Å². The number of carbonyl (C=O) groups is 6. The van der Waals surface area contributed by atoms with E-state index in [4.69, 9.17) is 49.9 Å². The van der Waals surface area contributed by atoms with E-state index in [9.17, 15) is 39.0 Å². The van der Waals surface area contributed by atoms with Crippen LogP contribution >= 0.6 is 75.3 Å². The molecule has 0 radical (unpaired) electrons. The second-order valence-corrected chi connectivity index (χ2v) is 19.8. The Morgan fingerprint density at radius 2 is 1.00 bits per heavy atom. The number of halogens is 5. The third-order valence-corrected chi connectivity index (χ3v) is 13.2. The molecule has 0 unspecified atom stereocenters. The Labute approximate surface area is 433 Å². The fraction of sp³-hybridized carbons (Fsp3) is 0.348. The summed E-state index contributed by atoms with van der Waals surface area (Å²) in [5.41, 5.74) is -1.62. The number of rotatable bonds is 11. The Kier molecular flexibility index (Phi) is 18.7. The van der Waals surface area contributed by atoms with E-state index >= 15 is 0 Å². The highest BCUT2D eigenvalue weighted by Gasteiger charge is 2.64. The second-order valence-electron chi connectivity index (χ2n) is 15.8. The van der Waals surface area contributed by atoms with E-state index in [2.05, 4.69) is 74.4 Å². The molecule has 23 heteroatoms. The van der Waals surface area contributed by atoms with Crippen LogP contribution in [0.2, 0.25) is 0 Å². The maximum Gasteiger partial charge on any atom is 0.338 e. The van der Waals surface area contributed by atoms with E-state index in [1.54, 1.807) is 97.1 Å². The van der Waals surface area contributed by atoms with Crippen molar-refractivity contribution < 1.29 is 77.2 Å². The molecule has 4 bridgehead atoms. The van der Waals surface area contributed by atoms with Gasteiger partial charge < -0.3 is 59.1 Å². The van der Waals surface area contributed by atoms with Gasteiger partial charge in [0.05, 0.1) is 36.5 Å². The number of amides is 2. The standard InChI is InChI=1S/C30H24Br3NO9.C9H15NO6.C7H4BrClO/c1-16(35)34-23-24(41-27(37)18-4-10-21(32)11-5-18)25(42-28(38)19-6-12-22(33)13-7-19)30(15-40-29(23)43-30)14-39-26(36)17-2-8-20(31)9-3-17;1-4(12)10-5-6(13)7(14)9(2-11)3-15-8(5)16-9;8-6-3-1-5(2-4-6)7(9)10/h2-13,23-25,29H,14-15H2,1H3,(H,34,35);5-8,11,13-14H,2-3H2,1H3,(H,10,12);1-4H/t23-,24-,25-,29+,30+;5-,6-,7-,8+,9+;/m11./s1. The number of aliphatic hydroxyl groups is 3. The van der Waals surface area contributed by atoms with Gasteiger partial charge in [-0.1, -0.05) is 63.7 Å². The van der Waals surface area contributed by atoms with E-state index in [1.165, 1.54) is 13.8 Å². The molecule has 69 heavy (non-hydrogen) atoms. The van der Waals surface area contributed by atoms with Gasteiger partial charge in [0.2, 0.25) is 11.8 Å². The SMILES string of the molecule is CC(=O)N[C@H]1[C@H]2OC[C@](CO)(O2)[C@H](O)[C@@H]1O.CC(=O)N[C@H]1[C@H]2OC[C@](COC(=O)c3ccc(Br)cc3)(O2)[C@H](OC(=O)c2ccc(Br)cc2)[C@@H]1OC(=O)c1ccc(Br)cc1.O=C(Cl)c1ccc(Br)cc1. The second kappa shape index (κ2) is 23.8. The zero-order chi connectivity index (χ0) is 50.2. The van der Waals surface area contributed by atoms with Gasteiger partial charge in [0.25, 0.3) is 5.24 Å². The van der Waals surface area contributed by atoms with Gasteiger partial charge >= 0.3 is 17.9 Å². The highest BCUT2D eigenvalue weighted by Crippen LogP contribution is 2.41. The summed E-state index contributed by atoms with van der Waals surface area (Å²) in [6.45, 7) is 1.52. The number of hydrogen-bond donors (Lipinski definition) is 5. The molecule has 5 N–H and O–H groups in total. The smallest absolute Gasteiger partial charge is 0.338 e. The first-order chi connectivity index (χ1) is 32.7. The molecule has 10 atom stereocenters. The summed E-state index contributed by atoms with van der Waals surface area (Å²) in [4.78, 5) is 73.4. The largest absolute Gasteiger partial charge is 0.459 e. The molecule has 18 nitrogen and oxygen atoms in total. The van der Waals surface area contributed by atoms with Gasteiger partial charge in [0.15, 0.2) is 30.4 Å². The van der Waals surface area contributed by atoms with Gasteiger partial charge in [-0.05, 0) is 109 Å². The van der Waals surface area contributed by atoms with E-state index in [0.29, 0.717) is 5.56 Å². The highest BCUT2D eigenvalue weighted by molar-refractivity contribution is 9.11. The lowest BCUT2D eigenvalue weighted by molar-refractivity contribution is -0.233. The van der Waals surface area contributed by atoms with Gasteiger partial charge in [-0.3, -0.25) is 14.4 Å². The predicted octanol–water partition coefficient (Wildman–Crippen LogP) is 5.37. The van der Waals surface area contributed by atoms with Crippen molar-refractivity contribution in [3.63, 3.8) is 0 Å². The minimum atomic E-state index is -1.57. The van der Waals surface area contributed by atoms with E-state index in [-0.39, 0.29) is 35.8 Å². The minimum Gasteiger partial charge on any atom is -0.459 e. The molecule has 0 saturated carbocycles. The Hall–Kier alpha value is -4.17. The molecule has 0 spiro atoms. The van der Waals surface area contributed by atoms with Crippen molar-refractivity contribution in [3.05, 3.63) is 137 Å². The van der Waals surface area contributed by atoms with Crippen LogP contribution in [0.4, 0.5) is 0 Å². The number of carbonyl (C=O) groups excluding carboxylic acids is 6. The molecule has 4 aromatic rings. The number of ether oxygens (including phenoxy) is 7.